The molecule has 1 atom stereocenters. The van der Waals surface area contributed by atoms with Crippen molar-refractivity contribution in [2.24, 2.45) is 0 Å². The molecule has 0 aromatic heterocycles. The van der Waals surface area contributed by atoms with Crippen LogP contribution in [0, 0.1) is 0 Å². The Hall–Kier alpha value is -1.14. The Labute approximate surface area is 101 Å². The average Bonchev–Trinajstić information content (AvgIpc) is 2.09. The fourth-order valence-electron chi connectivity index (χ4n) is 1.09. The highest BCUT2D eigenvalue weighted by molar-refractivity contribution is 5.77. The van der Waals surface area contributed by atoms with Crippen molar-refractivity contribution in [1.82, 2.24) is 10.6 Å². The number of amides is 1. The van der Waals surface area contributed by atoms with Crippen molar-refractivity contribution in [2.75, 3.05) is 13.1 Å². The maximum Gasteiger partial charge on any atom is 0.336 e. The van der Waals surface area contributed by atoms with E-state index in [1.165, 1.54) is 6.92 Å². The second-order valence-electron chi connectivity index (χ2n) is 5.30. The lowest BCUT2D eigenvalue weighted by molar-refractivity contribution is -0.156. The van der Waals surface area contributed by atoms with E-state index in [9.17, 15) is 14.7 Å². The normalized spacial score (nSPS) is 15.1. The molecule has 0 spiro atoms. The highest BCUT2D eigenvalue weighted by Gasteiger charge is 2.29. The summed E-state index contributed by atoms with van der Waals surface area (Å²) >= 11 is 0. The lowest BCUT2D eigenvalue weighted by Crippen LogP contribution is -2.46. The van der Waals surface area contributed by atoms with E-state index in [0.29, 0.717) is 6.54 Å². The molecule has 0 rings (SSSR count). The summed E-state index contributed by atoms with van der Waals surface area (Å²) in [7, 11) is 0. The van der Waals surface area contributed by atoms with Crippen LogP contribution in [-0.2, 0) is 9.59 Å². The second kappa shape index (κ2) is 5.97. The van der Waals surface area contributed by atoms with Crippen molar-refractivity contribution in [3.63, 3.8) is 0 Å². The molecule has 0 bridgehead atoms. The quantitative estimate of drug-likeness (QED) is 0.483. The fraction of sp³-hybridized carbons (Fsp3) is 0.818. The smallest absolute Gasteiger partial charge is 0.336 e. The Morgan fingerprint density at radius 3 is 2.12 bits per heavy atom. The van der Waals surface area contributed by atoms with Crippen LogP contribution in [0.25, 0.3) is 0 Å². The van der Waals surface area contributed by atoms with E-state index in [1.807, 2.05) is 20.8 Å². The van der Waals surface area contributed by atoms with Gasteiger partial charge in [0.05, 0.1) is 0 Å². The van der Waals surface area contributed by atoms with Gasteiger partial charge in [0.25, 0.3) is 0 Å². The largest absolute Gasteiger partial charge is 0.479 e. The van der Waals surface area contributed by atoms with Gasteiger partial charge >= 0.3 is 5.97 Å². The van der Waals surface area contributed by atoms with Gasteiger partial charge in [0.1, 0.15) is 0 Å². The predicted molar refractivity (Wildman–Crippen MR) is 63.6 cm³/mol. The molecule has 0 aliphatic carbocycles. The third kappa shape index (κ3) is 7.70. The summed E-state index contributed by atoms with van der Waals surface area (Å²) in [5, 5.41) is 23.5. The average molecular weight is 246 g/mol. The zero-order valence-corrected chi connectivity index (χ0v) is 10.8. The summed E-state index contributed by atoms with van der Waals surface area (Å²) < 4.78 is 0. The number of carbonyl (C=O) groups excluding carboxylic acids is 1. The third-order valence-corrected chi connectivity index (χ3v) is 1.97. The Balaban J connectivity index is 3.80. The monoisotopic (exact) mass is 246 g/mol. The molecule has 0 radical (unpaired) electrons. The first-order valence-corrected chi connectivity index (χ1v) is 5.52. The highest BCUT2D eigenvalue weighted by atomic mass is 16.4. The van der Waals surface area contributed by atoms with E-state index in [1.54, 1.807) is 0 Å². The lowest BCUT2D eigenvalue weighted by atomic mass is 10.1. The SMILES string of the molecule is CC(C)(C)NC(=O)CCNCC(C)(O)C(=O)O. The molecule has 17 heavy (non-hydrogen) atoms. The number of carboxylic acid groups (broad SMARTS) is 1. The van der Waals surface area contributed by atoms with Gasteiger partial charge in [-0.3, -0.25) is 4.79 Å². The fourth-order valence-corrected chi connectivity index (χ4v) is 1.09. The van der Waals surface area contributed by atoms with Gasteiger partial charge < -0.3 is 20.8 Å². The van der Waals surface area contributed by atoms with Crippen molar-refractivity contribution in [3.05, 3.63) is 0 Å². The molecule has 0 aromatic rings. The summed E-state index contributed by atoms with van der Waals surface area (Å²) in [6, 6.07) is 0. The van der Waals surface area contributed by atoms with Crippen LogP contribution in [0.2, 0.25) is 0 Å². The van der Waals surface area contributed by atoms with E-state index < -0.39 is 11.6 Å². The molecule has 0 heterocycles. The summed E-state index contributed by atoms with van der Waals surface area (Å²) in [5.74, 6) is -1.40. The van der Waals surface area contributed by atoms with Crippen LogP contribution in [-0.4, -0.2) is 46.3 Å². The molecule has 0 fully saturated rings. The molecule has 6 nitrogen and oxygen atoms in total. The molecule has 1 amide bonds. The van der Waals surface area contributed by atoms with E-state index in [2.05, 4.69) is 10.6 Å². The van der Waals surface area contributed by atoms with Crippen LogP contribution in [0.4, 0.5) is 0 Å². The van der Waals surface area contributed by atoms with Crippen LogP contribution < -0.4 is 10.6 Å². The lowest BCUT2D eigenvalue weighted by Gasteiger charge is -2.21. The van der Waals surface area contributed by atoms with Crippen molar-refractivity contribution < 1.29 is 19.8 Å². The van der Waals surface area contributed by atoms with E-state index in [-0.39, 0.29) is 24.4 Å². The molecule has 0 aliphatic rings. The van der Waals surface area contributed by atoms with Gasteiger partial charge in [0.2, 0.25) is 5.91 Å². The Morgan fingerprint density at radius 1 is 1.18 bits per heavy atom. The molecule has 0 saturated heterocycles. The molecular formula is C11H22N2O4. The van der Waals surface area contributed by atoms with Crippen LogP contribution in [0.5, 0.6) is 0 Å². The van der Waals surface area contributed by atoms with Gasteiger partial charge in [-0.05, 0) is 27.7 Å². The van der Waals surface area contributed by atoms with Gasteiger partial charge in [-0.2, -0.15) is 0 Å². The molecule has 6 heteroatoms. The number of nitrogens with one attached hydrogen (secondary N) is 2. The zero-order chi connectivity index (χ0) is 13.7. The minimum atomic E-state index is -1.81. The number of hydrogen-bond acceptors (Lipinski definition) is 4. The van der Waals surface area contributed by atoms with Gasteiger partial charge in [-0.25, -0.2) is 4.79 Å². The van der Waals surface area contributed by atoms with Crippen LogP contribution in [0.15, 0.2) is 0 Å². The molecule has 0 saturated carbocycles. The van der Waals surface area contributed by atoms with Crippen LogP contribution in [0.3, 0.4) is 0 Å². The van der Waals surface area contributed by atoms with E-state index in [0.717, 1.165) is 0 Å². The highest BCUT2D eigenvalue weighted by Crippen LogP contribution is 2.01. The van der Waals surface area contributed by atoms with E-state index >= 15 is 0 Å². The van der Waals surface area contributed by atoms with Crippen LogP contribution >= 0.6 is 0 Å². The number of rotatable bonds is 6. The first-order valence-electron chi connectivity index (χ1n) is 5.52. The number of aliphatic hydroxyl groups is 1. The zero-order valence-electron chi connectivity index (χ0n) is 10.8. The first-order chi connectivity index (χ1) is 7.54. The van der Waals surface area contributed by atoms with E-state index in [4.69, 9.17) is 5.11 Å². The molecule has 100 valence electrons. The molecule has 0 aliphatic heterocycles. The molecule has 4 N–H and O–H groups in total. The Morgan fingerprint density at radius 2 is 1.71 bits per heavy atom. The van der Waals surface area contributed by atoms with Crippen molar-refractivity contribution in [2.45, 2.75) is 45.3 Å². The Bertz CT molecular complexity index is 282. The number of carboxylic acids is 1. The second-order valence-corrected chi connectivity index (χ2v) is 5.30. The molecular weight excluding hydrogens is 224 g/mol. The summed E-state index contributed by atoms with van der Waals surface area (Å²) in [5.41, 5.74) is -2.08. The maximum atomic E-state index is 11.4. The van der Waals surface area contributed by atoms with Gasteiger partial charge in [0.15, 0.2) is 5.60 Å². The van der Waals surface area contributed by atoms with Crippen LogP contribution in [0.1, 0.15) is 34.1 Å². The summed E-state index contributed by atoms with van der Waals surface area (Å²) in [6.07, 6.45) is 0.243. The van der Waals surface area contributed by atoms with Crippen molar-refractivity contribution in [1.29, 1.82) is 0 Å². The molecule has 0 aromatic carbocycles. The van der Waals surface area contributed by atoms with Gasteiger partial charge in [-0.15, -0.1) is 0 Å². The first kappa shape index (κ1) is 15.9. The number of aliphatic carboxylic acids is 1. The number of hydrogen-bond donors (Lipinski definition) is 4. The topological polar surface area (TPSA) is 98.7 Å². The van der Waals surface area contributed by atoms with Crippen molar-refractivity contribution in [3.8, 4) is 0 Å². The van der Waals surface area contributed by atoms with Gasteiger partial charge in [0, 0.05) is 25.0 Å². The third-order valence-electron chi connectivity index (χ3n) is 1.97. The minimum Gasteiger partial charge on any atom is -0.479 e. The van der Waals surface area contributed by atoms with Crippen molar-refractivity contribution >= 4 is 11.9 Å². The Kier molecular flexibility index (Phi) is 5.57. The molecule has 1 unspecified atom stereocenters. The predicted octanol–water partition coefficient (Wildman–Crippen LogP) is -0.284. The summed E-state index contributed by atoms with van der Waals surface area (Å²) in [4.78, 5) is 22.0. The standard InChI is InChI=1S/C11H22N2O4/c1-10(2,3)13-8(14)5-6-12-7-11(4,17)9(15)16/h12,17H,5-7H2,1-4H3,(H,13,14)(H,15,16). The maximum absolute atomic E-state index is 11.4. The minimum absolute atomic E-state index is 0.0921. The number of carbonyl (C=O) groups is 2. The summed E-state index contributed by atoms with van der Waals surface area (Å²) in [6.45, 7) is 7.09. The van der Waals surface area contributed by atoms with Gasteiger partial charge in [-0.1, -0.05) is 0 Å².